The molecule has 0 amide bonds. The van der Waals surface area contributed by atoms with Gasteiger partial charge in [-0.1, -0.05) is 24.3 Å². The van der Waals surface area contributed by atoms with Gasteiger partial charge in [0.2, 0.25) is 0 Å². The first-order chi connectivity index (χ1) is 13.0. The number of pyridine rings is 1. The van der Waals surface area contributed by atoms with Crippen molar-refractivity contribution in [2.45, 2.75) is 25.5 Å². The van der Waals surface area contributed by atoms with Gasteiger partial charge in [-0.2, -0.15) is 0 Å². The van der Waals surface area contributed by atoms with E-state index in [1.807, 2.05) is 24.3 Å². The van der Waals surface area contributed by atoms with Crippen molar-refractivity contribution in [3.8, 4) is 5.75 Å². The zero-order chi connectivity index (χ0) is 19.4. The molecule has 0 aliphatic heterocycles. The third-order valence-electron chi connectivity index (χ3n) is 4.67. The van der Waals surface area contributed by atoms with E-state index in [1.165, 1.54) is 11.6 Å². The molecule has 0 saturated heterocycles. The van der Waals surface area contributed by atoms with Gasteiger partial charge in [-0.25, -0.2) is 0 Å². The number of halogens is 1. The van der Waals surface area contributed by atoms with Crippen molar-refractivity contribution >= 4 is 23.3 Å². The van der Waals surface area contributed by atoms with Crippen LogP contribution in [-0.2, 0) is 6.42 Å². The molecular weight excluding hydrogens is 380 g/mol. The highest BCUT2D eigenvalue weighted by Crippen LogP contribution is 2.23. The number of ether oxygens (including phenoxy) is 1. The summed E-state index contributed by atoms with van der Waals surface area (Å²) in [6.45, 7) is 2.42. The Kier molecular flexibility index (Phi) is 7.45. The third-order valence-corrected chi connectivity index (χ3v) is 4.67. The standard InChI is InChI=1S/C21H24N2O4.ClH/c1-14(12-15-6-8-16(27-2)9-7-15)22-13-20(24)18-4-3-5-19-17(18)10-11-21(25)23(19)26;/h3-11,14,20,22,24,26H,12-13H2,1-2H3;1H/t14-,20+;/m1./s1. The van der Waals surface area contributed by atoms with E-state index >= 15 is 0 Å². The normalized spacial score (nSPS) is 13.0. The zero-order valence-electron chi connectivity index (χ0n) is 15.8. The number of fused-ring (bicyclic) bond motifs is 1. The molecule has 1 aromatic heterocycles. The average molecular weight is 405 g/mol. The van der Waals surface area contributed by atoms with Crippen LogP contribution in [0.2, 0.25) is 0 Å². The van der Waals surface area contributed by atoms with E-state index in [0.717, 1.165) is 12.2 Å². The minimum absolute atomic E-state index is 0. The third kappa shape index (κ3) is 4.84. The Bertz CT molecular complexity index is 972. The second kappa shape index (κ2) is 9.59. The second-order valence-electron chi connectivity index (χ2n) is 6.64. The first-order valence-electron chi connectivity index (χ1n) is 8.88. The fraction of sp³-hybridized carbons (Fsp3) is 0.286. The Morgan fingerprint density at radius 1 is 1.11 bits per heavy atom. The van der Waals surface area contributed by atoms with Gasteiger partial charge in [0.05, 0.1) is 18.7 Å². The lowest BCUT2D eigenvalue weighted by Gasteiger charge is -2.19. The number of aliphatic hydroxyl groups excluding tert-OH is 1. The topological polar surface area (TPSA) is 83.7 Å². The molecule has 0 spiro atoms. The maximum atomic E-state index is 11.6. The summed E-state index contributed by atoms with van der Waals surface area (Å²) in [5.41, 5.74) is 1.73. The maximum absolute atomic E-state index is 11.6. The summed E-state index contributed by atoms with van der Waals surface area (Å²) >= 11 is 0. The Morgan fingerprint density at radius 3 is 2.50 bits per heavy atom. The summed E-state index contributed by atoms with van der Waals surface area (Å²) in [6.07, 6.45) is 0.0622. The molecule has 0 saturated carbocycles. The van der Waals surface area contributed by atoms with Crippen LogP contribution in [0.4, 0.5) is 0 Å². The molecule has 2 aromatic carbocycles. The van der Waals surface area contributed by atoms with Gasteiger partial charge < -0.3 is 20.4 Å². The van der Waals surface area contributed by atoms with Crippen LogP contribution in [0, 0.1) is 0 Å². The minimum Gasteiger partial charge on any atom is -0.497 e. The minimum atomic E-state index is -0.760. The molecule has 6 nitrogen and oxygen atoms in total. The molecule has 7 heteroatoms. The van der Waals surface area contributed by atoms with Crippen LogP contribution in [0.3, 0.4) is 0 Å². The fourth-order valence-corrected chi connectivity index (χ4v) is 3.18. The van der Waals surface area contributed by atoms with Crippen molar-refractivity contribution < 1.29 is 15.1 Å². The van der Waals surface area contributed by atoms with E-state index in [4.69, 9.17) is 4.74 Å². The summed E-state index contributed by atoms with van der Waals surface area (Å²) in [7, 11) is 1.64. The Labute approximate surface area is 169 Å². The molecule has 0 aliphatic rings. The number of rotatable bonds is 7. The summed E-state index contributed by atoms with van der Waals surface area (Å²) in [5.74, 6) is 0.827. The van der Waals surface area contributed by atoms with Crippen molar-refractivity contribution in [3.63, 3.8) is 0 Å². The summed E-state index contributed by atoms with van der Waals surface area (Å²) in [5, 5.41) is 24.5. The highest BCUT2D eigenvalue weighted by Gasteiger charge is 2.14. The lowest BCUT2D eigenvalue weighted by atomic mass is 10.0. The first kappa shape index (κ1) is 21.8. The van der Waals surface area contributed by atoms with Gasteiger partial charge in [0.1, 0.15) is 5.75 Å². The van der Waals surface area contributed by atoms with Gasteiger partial charge in [0.15, 0.2) is 0 Å². The quantitative estimate of drug-likeness (QED) is 0.527. The molecule has 150 valence electrons. The maximum Gasteiger partial charge on any atom is 0.283 e. The monoisotopic (exact) mass is 404 g/mol. The van der Waals surface area contributed by atoms with Gasteiger partial charge in [0, 0.05) is 24.0 Å². The molecule has 0 radical (unpaired) electrons. The number of benzene rings is 2. The van der Waals surface area contributed by atoms with Gasteiger partial charge in [0.25, 0.3) is 5.56 Å². The number of hydrogen-bond donors (Lipinski definition) is 3. The van der Waals surface area contributed by atoms with E-state index in [0.29, 0.717) is 27.7 Å². The molecule has 0 aliphatic carbocycles. The largest absolute Gasteiger partial charge is 0.497 e. The van der Waals surface area contributed by atoms with E-state index in [2.05, 4.69) is 12.2 Å². The Balaban J connectivity index is 0.00000280. The van der Waals surface area contributed by atoms with Crippen LogP contribution in [-0.4, -0.2) is 34.7 Å². The molecule has 0 bridgehead atoms. The molecule has 3 rings (SSSR count). The molecular formula is C21H25ClN2O4. The molecule has 3 N–H and O–H groups in total. The number of nitrogens with one attached hydrogen (secondary N) is 1. The Hall–Kier alpha value is -2.54. The van der Waals surface area contributed by atoms with E-state index in [1.54, 1.807) is 31.4 Å². The van der Waals surface area contributed by atoms with Crippen molar-refractivity contribution in [1.82, 2.24) is 10.0 Å². The van der Waals surface area contributed by atoms with Gasteiger partial charge in [-0.3, -0.25) is 4.79 Å². The van der Waals surface area contributed by atoms with Crippen LogP contribution in [0.15, 0.2) is 59.4 Å². The lowest BCUT2D eigenvalue weighted by Crippen LogP contribution is -2.32. The van der Waals surface area contributed by atoms with Crippen LogP contribution >= 0.6 is 12.4 Å². The van der Waals surface area contributed by atoms with Gasteiger partial charge in [-0.05, 0) is 48.7 Å². The molecule has 3 aromatic rings. The second-order valence-corrected chi connectivity index (χ2v) is 6.64. The van der Waals surface area contributed by atoms with Crippen molar-refractivity contribution in [3.05, 3.63) is 76.1 Å². The lowest BCUT2D eigenvalue weighted by molar-refractivity contribution is 0.171. The molecule has 28 heavy (non-hydrogen) atoms. The number of nitrogens with zero attached hydrogens (tertiary/aromatic N) is 1. The van der Waals surface area contributed by atoms with Crippen LogP contribution in [0.1, 0.15) is 24.2 Å². The Morgan fingerprint density at radius 2 is 1.82 bits per heavy atom. The zero-order valence-corrected chi connectivity index (χ0v) is 16.6. The van der Waals surface area contributed by atoms with Gasteiger partial charge in [-0.15, -0.1) is 17.1 Å². The highest BCUT2D eigenvalue weighted by molar-refractivity contribution is 5.85. The average Bonchev–Trinajstić information content (AvgIpc) is 2.69. The van der Waals surface area contributed by atoms with Crippen LogP contribution in [0.25, 0.3) is 10.9 Å². The van der Waals surface area contributed by atoms with Crippen LogP contribution in [0.5, 0.6) is 5.75 Å². The van der Waals surface area contributed by atoms with Crippen molar-refractivity contribution in [2.75, 3.05) is 13.7 Å². The van der Waals surface area contributed by atoms with E-state index in [9.17, 15) is 15.1 Å². The van der Waals surface area contributed by atoms with E-state index < -0.39 is 11.7 Å². The molecule has 2 atom stereocenters. The van der Waals surface area contributed by atoms with E-state index in [-0.39, 0.29) is 18.4 Å². The molecule has 0 fully saturated rings. The summed E-state index contributed by atoms with van der Waals surface area (Å²) < 4.78 is 5.77. The number of aromatic nitrogens is 1. The number of aliphatic hydroxyl groups is 1. The summed E-state index contributed by atoms with van der Waals surface area (Å²) in [4.78, 5) is 11.6. The summed E-state index contributed by atoms with van der Waals surface area (Å²) in [6, 6.07) is 16.2. The number of methoxy groups -OCH3 is 1. The highest BCUT2D eigenvalue weighted by atomic mass is 35.5. The fourth-order valence-electron chi connectivity index (χ4n) is 3.18. The first-order valence-corrected chi connectivity index (χ1v) is 8.88. The van der Waals surface area contributed by atoms with Crippen molar-refractivity contribution in [1.29, 1.82) is 0 Å². The smallest absolute Gasteiger partial charge is 0.283 e. The number of hydrogen-bond acceptors (Lipinski definition) is 5. The molecule has 1 heterocycles. The van der Waals surface area contributed by atoms with Crippen LogP contribution < -0.4 is 15.6 Å². The van der Waals surface area contributed by atoms with Gasteiger partial charge >= 0.3 is 0 Å². The van der Waals surface area contributed by atoms with Crippen molar-refractivity contribution in [2.24, 2.45) is 0 Å². The SMILES string of the molecule is COc1ccc(C[C@@H](C)NC[C@H](O)c2cccc3c2ccc(=O)n3O)cc1.Cl. The molecule has 0 unspecified atom stereocenters. The predicted molar refractivity (Wildman–Crippen MR) is 112 cm³/mol. The predicted octanol–water partition coefficient (Wildman–Crippen LogP) is 2.92.